The predicted octanol–water partition coefficient (Wildman–Crippen LogP) is 0.998. The van der Waals surface area contributed by atoms with Crippen LogP contribution in [0.5, 0.6) is 0 Å². The van der Waals surface area contributed by atoms with Gasteiger partial charge in [0.25, 0.3) is 0 Å². The van der Waals surface area contributed by atoms with E-state index in [-0.39, 0.29) is 11.9 Å². The number of amides is 1. The number of nitrogens with zero attached hydrogens (tertiary/aromatic N) is 2. The molecule has 3 rings (SSSR count). The third-order valence-corrected chi connectivity index (χ3v) is 3.17. The lowest BCUT2D eigenvalue weighted by Gasteiger charge is -2.18. The van der Waals surface area contributed by atoms with E-state index in [1.165, 1.54) is 0 Å². The molecule has 0 unspecified atom stereocenters. The molecule has 0 bridgehead atoms. The number of aromatic nitrogens is 1. The van der Waals surface area contributed by atoms with E-state index in [0.717, 1.165) is 37.3 Å². The summed E-state index contributed by atoms with van der Waals surface area (Å²) in [6.07, 6.45) is 3.81. The lowest BCUT2D eigenvalue weighted by molar-refractivity contribution is -0.120. The van der Waals surface area contributed by atoms with Gasteiger partial charge in [-0.3, -0.25) is 9.69 Å². The highest BCUT2D eigenvalue weighted by Gasteiger charge is 2.33. The molecule has 3 heterocycles. The van der Waals surface area contributed by atoms with E-state index in [9.17, 15) is 4.79 Å². The molecule has 4 nitrogen and oxygen atoms in total. The fourth-order valence-electron chi connectivity index (χ4n) is 2.41. The Morgan fingerprint density at radius 3 is 3.40 bits per heavy atom. The normalized spacial score (nSPS) is 25.3. The maximum atomic E-state index is 11.9. The number of hydrogen-bond donors (Lipinski definition) is 1. The van der Waals surface area contributed by atoms with Gasteiger partial charge in [-0.05, 0) is 25.5 Å². The molecule has 1 saturated heterocycles. The first-order valence-corrected chi connectivity index (χ1v) is 5.33. The number of carbonyl (C=O) groups excluding carboxylic acids is 1. The Labute approximate surface area is 88.3 Å². The smallest absolute Gasteiger partial charge is 0.242 e. The number of fused-ring (bicyclic) bond motifs is 2. The number of rotatable bonds is 0. The first-order chi connectivity index (χ1) is 7.34. The molecule has 15 heavy (non-hydrogen) atoms. The van der Waals surface area contributed by atoms with Crippen LogP contribution in [0.15, 0.2) is 18.3 Å². The average molecular weight is 203 g/mol. The number of nitrogens with one attached hydrogen (secondary N) is 1. The molecule has 1 N–H and O–H groups in total. The summed E-state index contributed by atoms with van der Waals surface area (Å²) in [5.41, 5.74) is 1.12. The summed E-state index contributed by atoms with van der Waals surface area (Å²) in [5, 5.41) is 2.90. The van der Waals surface area contributed by atoms with Crippen LogP contribution in [-0.2, 0) is 11.3 Å². The molecule has 2 aliphatic heterocycles. The van der Waals surface area contributed by atoms with Gasteiger partial charge < -0.3 is 5.32 Å². The number of hydrogen-bond acceptors (Lipinski definition) is 3. The minimum Gasteiger partial charge on any atom is -0.309 e. The third-order valence-electron chi connectivity index (χ3n) is 3.17. The highest BCUT2D eigenvalue weighted by molar-refractivity contribution is 5.95. The first-order valence-electron chi connectivity index (χ1n) is 5.33. The molecule has 4 heteroatoms. The van der Waals surface area contributed by atoms with Gasteiger partial charge in [0.05, 0.1) is 6.04 Å². The van der Waals surface area contributed by atoms with Crippen LogP contribution in [0.2, 0.25) is 0 Å². The summed E-state index contributed by atoms with van der Waals surface area (Å²) in [6.45, 7) is 1.86. The molecule has 2 aliphatic rings. The molecule has 0 aromatic carbocycles. The van der Waals surface area contributed by atoms with Crippen LogP contribution in [0.4, 0.5) is 5.82 Å². The van der Waals surface area contributed by atoms with Crippen molar-refractivity contribution in [2.75, 3.05) is 11.9 Å². The highest BCUT2D eigenvalue weighted by atomic mass is 16.2. The number of anilines is 1. The van der Waals surface area contributed by atoms with Gasteiger partial charge in [-0.1, -0.05) is 6.07 Å². The van der Waals surface area contributed by atoms with Crippen molar-refractivity contribution in [3.8, 4) is 0 Å². The molecular weight excluding hydrogens is 190 g/mol. The van der Waals surface area contributed by atoms with Crippen LogP contribution >= 0.6 is 0 Å². The molecule has 1 aromatic rings. The third kappa shape index (κ3) is 1.41. The second-order valence-corrected chi connectivity index (χ2v) is 4.13. The molecule has 0 spiro atoms. The van der Waals surface area contributed by atoms with Gasteiger partial charge in [0.1, 0.15) is 5.82 Å². The Bertz CT molecular complexity index is 405. The van der Waals surface area contributed by atoms with Crippen LogP contribution in [0, 0.1) is 0 Å². The molecule has 1 fully saturated rings. The van der Waals surface area contributed by atoms with Gasteiger partial charge in [-0.25, -0.2) is 4.98 Å². The Hall–Kier alpha value is -1.42. The Balaban J connectivity index is 2.00. The maximum Gasteiger partial charge on any atom is 0.242 e. The minimum atomic E-state index is 0.0548. The summed E-state index contributed by atoms with van der Waals surface area (Å²) in [6, 6.07) is 4.00. The van der Waals surface area contributed by atoms with Gasteiger partial charge in [-0.15, -0.1) is 0 Å². The van der Waals surface area contributed by atoms with E-state index in [0.29, 0.717) is 0 Å². The molecule has 1 atom stereocenters. The minimum absolute atomic E-state index is 0.0548. The molecular formula is C11H13N3O. The molecule has 0 saturated carbocycles. The van der Waals surface area contributed by atoms with Crippen molar-refractivity contribution in [3.05, 3.63) is 23.9 Å². The van der Waals surface area contributed by atoms with E-state index in [2.05, 4.69) is 15.2 Å². The summed E-state index contributed by atoms with van der Waals surface area (Å²) in [7, 11) is 0. The van der Waals surface area contributed by atoms with Gasteiger partial charge in [-0.2, -0.15) is 0 Å². The van der Waals surface area contributed by atoms with E-state index >= 15 is 0 Å². The number of carbonyl (C=O) groups is 1. The fourth-order valence-corrected chi connectivity index (χ4v) is 2.41. The molecule has 0 aliphatic carbocycles. The van der Waals surface area contributed by atoms with Crippen LogP contribution in [0.3, 0.4) is 0 Å². The summed E-state index contributed by atoms with van der Waals surface area (Å²) >= 11 is 0. The lowest BCUT2D eigenvalue weighted by atomic mass is 10.2. The van der Waals surface area contributed by atoms with Crippen molar-refractivity contribution in [2.24, 2.45) is 0 Å². The van der Waals surface area contributed by atoms with Crippen LogP contribution < -0.4 is 5.32 Å². The van der Waals surface area contributed by atoms with Gasteiger partial charge >= 0.3 is 0 Å². The number of pyridine rings is 1. The second-order valence-electron chi connectivity index (χ2n) is 4.13. The second kappa shape index (κ2) is 3.31. The van der Waals surface area contributed by atoms with E-state index in [4.69, 9.17) is 0 Å². The maximum absolute atomic E-state index is 11.9. The summed E-state index contributed by atoms with van der Waals surface area (Å²) < 4.78 is 0. The van der Waals surface area contributed by atoms with Crippen molar-refractivity contribution in [2.45, 2.75) is 25.4 Å². The van der Waals surface area contributed by atoms with Crippen LogP contribution in [-0.4, -0.2) is 28.4 Å². The lowest BCUT2D eigenvalue weighted by Crippen LogP contribution is -2.36. The zero-order valence-electron chi connectivity index (χ0n) is 8.44. The van der Waals surface area contributed by atoms with Crippen molar-refractivity contribution >= 4 is 11.7 Å². The molecule has 1 aromatic heterocycles. The van der Waals surface area contributed by atoms with Gasteiger partial charge in [0, 0.05) is 18.3 Å². The van der Waals surface area contributed by atoms with Crippen molar-refractivity contribution in [1.29, 1.82) is 0 Å². The zero-order chi connectivity index (χ0) is 10.3. The van der Waals surface area contributed by atoms with Gasteiger partial charge in [0.2, 0.25) is 5.91 Å². The Morgan fingerprint density at radius 2 is 2.47 bits per heavy atom. The van der Waals surface area contributed by atoms with Gasteiger partial charge in [0.15, 0.2) is 0 Å². The molecule has 78 valence electrons. The standard InChI is InChI=1S/C11H13N3O/c15-11-9-4-2-6-14(9)7-8-3-1-5-12-10(8)13-11/h1,3,5,9H,2,4,6-7H2,(H,12,13,15)/t9-/m0/s1. The first kappa shape index (κ1) is 8.85. The van der Waals surface area contributed by atoms with Crippen LogP contribution in [0.1, 0.15) is 18.4 Å². The quantitative estimate of drug-likeness (QED) is 0.684. The predicted molar refractivity (Wildman–Crippen MR) is 56.3 cm³/mol. The highest BCUT2D eigenvalue weighted by Crippen LogP contribution is 2.26. The van der Waals surface area contributed by atoms with Crippen molar-refractivity contribution in [3.63, 3.8) is 0 Å². The van der Waals surface area contributed by atoms with E-state index in [1.807, 2.05) is 12.1 Å². The van der Waals surface area contributed by atoms with E-state index in [1.54, 1.807) is 6.20 Å². The van der Waals surface area contributed by atoms with Crippen LogP contribution in [0.25, 0.3) is 0 Å². The largest absolute Gasteiger partial charge is 0.309 e. The van der Waals surface area contributed by atoms with E-state index < -0.39 is 0 Å². The van der Waals surface area contributed by atoms with Crippen molar-refractivity contribution in [1.82, 2.24) is 9.88 Å². The average Bonchev–Trinajstić information content (AvgIpc) is 2.64. The summed E-state index contributed by atoms with van der Waals surface area (Å²) in [4.78, 5) is 18.3. The monoisotopic (exact) mass is 203 g/mol. The molecule has 1 amide bonds. The Morgan fingerprint density at radius 1 is 1.53 bits per heavy atom. The fraction of sp³-hybridized carbons (Fsp3) is 0.455. The summed E-state index contributed by atoms with van der Waals surface area (Å²) in [5.74, 6) is 0.835. The zero-order valence-corrected chi connectivity index (χ0v) is 8.44. The molecule has 0 radical (unpaired) electrons. The SMILES string of the molecule is O=C1Nc2ncccc2CN2CCC[C@@H]12. The topological polar surface area (TPSA) is 45.2 Å². The van der Waals surface area contributed by atoms with Crippen molar-refractivity contribution < 1.29 is 4.79 Å². The Kier molecular flexibility index (Phi) is 1.95.